The highest BCUT2D eigenvalue weighted by Gasteiger charge is 2.48. The van der Waals surface area contributed by atoms with Gasteiger partial charge in [0.1, 0.15) is 11.6 Å². The van der Waals surface area contributed by atoms with E-state index in [1.807, 2.05) is 30.3 Å². The molecule has 1 saturated heterocycles. The Morgan fingerprint density at radius 2 is 1.69 bits per heavy atom. The standard InChI is InChI=1S/C26H17BrFN3O3S2/c27-18-10-6-17(7-11-18)22(32)20-21(16-8-12-19(28)13-9-16)31(24(34)23(20)33)25-29-30-26(36-25)35-14-15-4-2-1-3-5-15/h1-13,21,32H,14H2/b22-20-. The van der Waals surface area contributed by atoms with Crippen LogP contribution in [0.2, 0.25) is 0 Å². The molecular weight excluding hydrogens is 565 g/mol. The first kappa shape index (κ1) is 24.4. The number of aromatic nitrogens is 2. The average Bonchev–Trinajstić information content (AvgIpc) is 3.46. The molecule has 4 aromatic rings. The van der Waals surface area contributed by atoms with Crippen LogP contribution in [0.15, 0.2) is 93.2 Å². The molecule has 180 valence electrons. The largest absolute Gasteiger partial charge is 0.507 e. The van der Waals surface area contributed by atoms with Crippen LogP contribution in [0.25, 0.3) is 5.76 Å². The maximum Gasteiger partial charge on any atom is 0.301 e. The Bertz CT molecular complexity index is 1460. The van der Waals surface area contributed by atoms with Crippen molar-refractivity contribution in [1.82, 2.24) is 10.2 Å². The molecule has 6 nitrogen and oxygen atoms in total. The van der Waals surface area contributed by atoms with Crippen molar-refractivity contribution in [3.63, 3.8) is 0 Å². The van der Waals surface area contributed by atoms with Gasteiger partial charge >= 0.3 is 5.91 Å². The van der Waals surface area contributed by atoms with Crippen LogP contribution in [0, 0.1) is 5.82 Å². The molecule has 0 radical (unpaired) electrons. The van der Waals surface area contributed by atoms with Gasteiger partial charge in [-0.2, -0.15) is 0 Å². The van der Waals surface area contributed by atoms with Gasteiger partial charge in [-0.25, -0.2) is 4.39 Å². The monoisotopic (exact) mass is 581 g/mol. The van der Waals surface area contributed by atoms with E-state index in [2.05, 4.69) is 26.1 Å². The van der Waals surface area contributed by atoms with Gasteiger partial charge in [-0.15, -0.1) is 10.2 Å². The Kier molecular flexibility index (Phi) is 6.99. The highest BCUT2D eigenvalue weighted by Crippen LogP contribution is 2.44. The molecule has 1 aliphatic rings. The van der Waals surface area contributed by atoms with Crippen molar-refractivity contribution in [1.29, 1.82) is 0 Å². The maximum absolute atomic E-state index is 13.7. The van der Waals surface area contributed by atoms with Gasteiger partial charge in [-0.3, -0.25) is 14.5 Å². The van der Waals surface area contributed by atoms with Crippen LogP contribution < -0.4 is 4.90 Å². The Labute approximate surface area is 222 Å². The van der Waals surface area contributed by atoms with E-state index in [4.69, 9.17) is 0 Å². The van der Waals surface area contributed by atoms with Crippen molar-refractivity contribution in [2.75, 3.05) is 4.90 Å². The Balaban J connectivity index is 1.55. The van der Waals surface area contributed by atoms with E-state index in [-0.39, 0.29) is 16.5 Å². The molecule has 1 atom stereocenters. The molecule has 0 bridgehead atoms. The zero-order chi connectivity index (χ0) is 25.2. The molecule has 1 unspecified atom stereocenters. The molecule has 0 saturated carbocycles. The first-order valence-corrected chi connectivity index (χ1v) is 13.3. The number of thioether (sulfide) groups is 1. The van der Waals surface area contributed by atoms with Crippen LogP contribution >= 0.6 is 39.0 Å². The lowest BCUT2D eigenvalue weighted by Crippen LogP contribution is -2.29. The van der Waals surface area contributed by atoms with Gasteiger partial charge in [-0.05, 0) is 35.4 Å². The van der Waals surface area contributed by atoms with Crippen LogP contribution in [-0.4, -0.2) is 27.0 Å². The number of Topliss-reactive ketones (excluding diaryl/α,β-unsaturated/α-hetero) is 1. The van der Waals surface area contributed by atoms with Gasteiger partial charge in [0.25, 0.3) is 5.78 Å². The summed E-state index contributed by atoms with van der Waals surface area (Å²) >= 11 is 5.99. The van der Waals surface area contributed by atoms with Gasteiger partial charge in [0.2, 0.25) is 5.13 Å². The molecular formula is C26H17BrFN3O3S2. The number of halogens is 2. The van der Waals surface area contributed by atoms with Crippen molar-refractivity contribution in [2.24, 2.45) is 0 Å². The zero-order valence-electron chi connectivity index (χ0n) is 18.5. The number of aliphatic hydroxyl groups is 1. The number of nitrogens with zero attached hydrogens (tertiary/aromatic N) is 3. The Morgan fingerprint density at radius 3 is 2.39 bits per heavy atom. The van der Waals surface area contributed by atoms with Crippen LogP contribution in [0.4, 0.5) is 9.52 Å². The van der Waals surface area contributed by atoms with Crippen LogP contribution in [0.3, 0.4) is 0 Å². The van der Waals surface area contributed by atoms with E-state index in [0.717, 1.165) is 10.0 Å². The SMILES string of the molecule is O=C1C(=O)N(c2nnc(SCc3ccccc3)s2)C(c2ccc(F)cc2)/C1=C(/O)c1ccc(Br)cc1. The zero-order valence-corrected chi connectivity index (χ0v) is 21.7. The third kappa shape index (κ3) is 4.84. The number of aliphatic hydroxyl groups excluding tert-OH is 1. The van der Waals surface area contributed by atoms with Gasteiger partial charge in [0.15, 0.2) is 4.34 Å². The first-order chi connectivity index (χ1) is 17.4. The molecule has 2 heterocycles. The van der Waals surface area contributed by atoms with Crippen molar-refractivity contribution in [3.05, 3.63) is 111 Å². The van der Waals surface area contributed by atoms with E-state index in [1.54, 1.807) is 24.3 Å². The molecule has 10 heteroatoms. The number of benzene rings is 3. The second-order valence-electron chi connectivity index (χ2n) is 7.85. The molecule has 5 rings (SSSR count). The predicted octanol–water partition coefficient (Wildman–Crippen LogP) is 6.36. The average molecular weight is 582 g/mol. The lowest BCUT2D eigenvalue weighted by Gasteiger charge is -2.22. The summed E-state index contributed by atoms with van der Waals surface area (Å²) in [7, 11) is 0. The van der Waals surface area contributed by atoms with Crippen LogP contribution in [0.1, 0.15) is 22.7 Å². The number of carbonyl (C=O) groups excluding carboxylic acids is 2. The molecule has 1 N–H and O–H groups in total. The van der Waals surface area contributed by atoms with E-state index >= 15 is 0 Å². The predicted molar refractivity (Wildman–Crippen MR) is 141 cm³/mol. The summed E-state index contributed by atoms with van der Waals surface area (Å²) in [5.41, 5.74) is 1.85. The van der Waals surface area contributed by atoms with Crippen molar-refractivity contribution < 1.29 is 19.1 Å². The van der Waals surface area contributed by atoms with E-state index in [9.17, 15) is 19.1 Å². The summed E-state index contributed by atoms with van der Waals surface area (Å²) in [4.78, 5) is 27.7. The first-order valence-electron chi connectivity index (χ1n) is 10.7. The molecule has 36 heavy (non-hydrogen) atoms. The van der Waals surface area contributed by atoms with Gasteiger partial charge in [-0.1, -0.05) is 93.6 Å². The Hall–Kier alpha value is -3.34. The smallest absolute Gasteiger partial charge is 0.301 e. The topological polar surface area (TPSA) is 83.4 Å². The summed E-state index contributed by atoms with van der Waals surface area (Å²) in [5.74, 6) is -1.80. The second kappa shape index (κ2) is 10.3. The molecule has 1 aromatic heterocycles. The summed E-state index contributed by atoms with van der Waals surface area (Å²) in [6.45, 7) is 0. The fourth-order valence-electron chi connectivity index (χ4n) is 3.83. The van der Waals surface area contributed by atoms with Gasteiger partial charge in [0, 0.05) is 15.8 Å². The minimum atomic E-state index is -0.992. The summed E-state index contributed by atoms with van der Waals surface area (Å²) in [6.07, 6.45) is 0. The Morgan fingerprint density at radius 1 is 1.00 bits per heavy atom. The summed E-state index contributed by atoms with van der Waals surface area (Å²) in [6, 6.07) is 21.0. The lowest BCUT2D eigenvalue weighted by atomic mass is 9.95. The molecule has 0 spiro atoms. The van der Waals surface area contributed by atoms with Gasteiger partial charge < -0.3 is 5.11 Å². The number of ketones is 1. The molecule has 1 fully saturated rings. The van der Waals surface area contributed by atoms with E-state index in [0.29, 0.717) is 21.2 Å². The third-order valence-electron chi connectivity index (χ3n) is 5.55. The number of amides is 1. The lowest BCUT2D eigenvalue weighted by molar-refractivity contribution is -0.132. The number of carbonyl (C=O) groups is 2. The molecule has 3 aromatic carbocycles. The minimum absolute atomic E-state index is 0.0948. The minimum Gasteiger partial charge on any atom is -0.507 e. The van der Waals surface area contributed by atoms with Gasteiger partial charge in [0.05, 0.1) is 11.6 Å². The number of rotatable bonds is 6. The number of hydrogen-bond donors (Lipinski definition) is 1. The highest BCUT2D eigenvalue weighted by atomic mass is 79.9. The van der Waals surface area contributed by atoms with Crippen molar-refractivity contribution in [2.45, 2.75) is 16.1 Å². The summed E-state index contributed by atoms with van der Waals surface area (Å²) < 4.78 is 15.1. The highest BCUT2D eigenvalue weighted by molar-refractivity contribution is 9.10. The quantitative estimate of drug-likeness (QED) is 0.0937. The van der Waals surface area contributed by atoms with Crippen LogP contribution in [0.5, 0.6) is 0 Å². The maximum atomic E-state index is 13.7. The van der Waals surface area contributed by atoms with Crippen molar-refractivity contribution in [3.8, 4) is 0 Å². The van der Waals surface area contributed by atoms with Crippen molar-refractivity contribution >= 4 is 61.6 Å². The van der Waals surface area contributed by atoms with E-state index in [1.165, 1.54) is 52.3 Å². The summed E-state index contributed by atoms with van der Waals surface area (Å²) in [5, 5.41) is 19.7. The van der Waals surface area contributed by atoms with Crippen LogP contribution in [-0.2, 0) is 15.3 Å². The number of hydrogen-bond acceptors (Lipinski definition) is 7. The molecule has 1 amide bonds. The van der Waals surface area contributed by atoms with E-state index < -0.39 is 23.5 Å². The number of anilines is 1. The second-order valence-corrected chi connectivity index (χ2v) is 10.9. The fourth-order valence-corrected chi connectivity index (χ4v) is 5.92. The fraction of sp³-hybridized carbons (Fsp3) is 0.0769. The molecule has 1 aliphatic heterocycles. The third-order valence-corrected chi connectivity index (χ3v) is 8.21. The normalized spacial score (nSPS) is 17.1. The molecule has 0 aliphatic carbocycles.